The molecule has 2 aromatic heterocycles. The highest BCUT2D eigenvalue weighted by atomic mass is 16.6. The molecule has 0 fully saturated rings. The zero-order valence-corrected chi connectivity index (χ0v) is 21.2. The first kappa shape index (κ1) is 26.6. The lowest BCUT2D eigenvalue weighted by Crippen LogP contribution is -2.28. The van der Waals surface area contributed by atoms with Crippen LogP contribution >= 0.6 is 0 Å². The second kappa shape index (κ2) is 12.6. The van der Waals surface area contributed by atoms with E-state index < -0.39 is 5.91 Å². The summed E-state index contributed by atoms with van der Waals surface area (Å²) in [5, 5.41) is 29.9. The van der Waals surface area contributed by atoms with E-state index in [0.29, 0.717) is 17.8 Å². The van der Waals surface area contributed by atoms with Crippen molar-refractivity contribution in [3.8, 4) is 11.6 Å². The van der Waals surface area contributed by atoms with Crippen molar-refractivity contribution in [2.24, 2.45) is 5.10 Å². The van der Waals surface area contributed by atoms with Crippen molar-refractivity contribution in [1.82, 2.24) is 35.6 Å². The lowest BCUT2D eigenvalue weighted by Gasteiger charge is -2.21. The monoisotopic (exact) mass is 498 g/mol. The first-order valence-corrected chi connectivity index (χ1v) is 12.1. The maximum absolute atomic E-state index is 13.0. The molecule has 0 atom stereocenters. The van der Waals surface area contributed by atoms with E-state index in [4.69, 9.17) is 10.4 Å². The number of carbonyl (C=O) groups excluding carboxylic acids is 1. The standard InChI is InChI=1S/C23H34N10O3/c1-5-11-31(12-6-2)15-18-20(26-30-33(18)22-21(24)28-36-29-22)23(35)27-25-14-16-9-10-17(13-19(16)34)32(7-3)8-4/h9-10,13-14,34H,5-8,11-12,15H2,1-4H3,(H2,24,28)(H,27,35)/b25-14-. The number of aromatic nitrogens is 5. The average molecular weight is 499 g/mol. The normalized spacial score (nSPS) is 11.5. The number of phenolic OH excluding ortho intramolecular Hbond substituents is 1. The molecule has 0 aliphatic carbocycles. The van der Waals surface area contributed by atoms with Gasteiger partial charge in [-0.1, -0.05) is 19.1 Å². The van der Waals surface area contributed by atoms with E-state index >= 15 is 0 Å². The van der Waals surface area contributed by atoms with E-state index in [2.05, 4.69) is 54.8 Å². The van der Waals surface area contributed by atoms with Crippen LogP contribution in [0.3, 0.4) is 0 Å². The Morgan fingerprint density at radius 3 is 2.50 bits per heavy atom. The van der Waals surface area contributed by atoms with Crippen molar-refractivity contribution < 1.29 is 14.5 Å². The molecule has 0 spiro atoms. The fourth-order valence-electron chi connectivity index (χ4n) is 3.88. The largest absolute Gasteiger partial charge is 0.507 e. The fourth-order valence-corrected chi connectivity index (χ4v) is 3.88. The third kappa shape index (κ3) is 6.16. The molecule has 13 heteroatoms. The van der Waals surface area contributed by atoms with Gasteiger partial charge in [-0.05, 0) is 62.2 Å². The molecule has 2 heterocycles. The lowest BCUT2D eigenvalue weighted by atomic mass is 10.2. The Bertz CT molecular complexity index is 1160. The molecule has 0 saturated heterocycles. The molecular formula is C23H34N10O3. The van der Waals surface area contributed by atoms with Gasteiger partial charge in [-0.25, -0.2) is 10.1 Å². The molecule has 0 radical (unpaired) electrons. The molecule has 0 unspecified atom stereocenters. The van der Waals surface area contributed by atoms with Crippen molar-refractivity contribution >= 4 is 23.6 Å². The molecular weight excluding hydrogens is 464 g/mol. The van der Waals surface area contributed by atoms with E-state index in [9.17, 15) is 9.90 Å². The Kier molecular flexibility index (Phi) is 9.33. The van der Waals surface area contributed by atoms with Crippen LogP contribution in [0.25, 0.3) is 5.82 Å². The van der Waals surface area contributed by atoms with Gasteiger partial charge in [0.1, 0.15) is 5.75 Å². The number of amides is 1. The van der Waals surface area contributed by atoms with E-state index in [1.165, 1.54) is 10.9 Å². The van der Waals surface area contributed by atoms with Crippen LogP contribution in [0.5, 0.6) is 5.75 Å². The van der Waals surface area contributed by atoms with Gasteiger partial charge in [-0.2, -0.15) is 9.78 Å². The van der Waals surface area contributed by atoms with Gasteiger partial charge in [0.05, 0.1) is 11.9 Å². The average Bonchev–Trinajstić information content (AvgIpc) is 3.47. The molecule has 0 bridgehead atoms. The predicted molar refractivity (Wildman–Crippen MR) is 136 cm³/mol. The smallest absolute Gasteiger partial charge is 0.293 e. The molecule has 0 aliphatic heterocycles. The number of nitrogens with two attached hydrogens (primary N) is 1. The molecule has 1 amide bonds. The first-order chi connectivity index (χ1) is 17.4. The summed E-state index contributed by atoms with van der Waals surface area (Å²) in [6.45, 7) is 12.0. The Morgan fingerprint density at radius 1 is 1.19 bits per heavy atom. The minimum absolute atomic E-state index is 0.0345. The quantitative estimate of drug-likeness (QED) is 0.235. The third-order valence-corrected chi connectivity index (χ3v) is 5.64. The highest BCUT2D eigenvalue weighted by Gasteiger charge is 2.25. The summed E-state index contributed by atoms with van der Waals surface area (Å²) >= 11 is 0. The summed E-state index contributed by atoms with van der Waals surface area (Å²) in [5.74, 6) is -0.305. The number of hydrogen-bond acceptors (Lipinski definition) is 11. The van der Waals surface area contributed by atoms with Gasteiger partial charge in [-0.15, -0.1) is 5.10 Å². The minimum atomic E-state index is -0.560. The van der Waals surface area contributed by atoms with Crippen LogP contribution in [0.15, 0.2) is 27.9 Å². The topological polar surface area (TPSA) is 164 Å². The molecule has 36 heavy (non-hydrogen) atoms. The van der Waals surface area contributed by atoms with Gasteiger partial charge in [0.2, 0.25) is 11.6 Å². The Morgan fingerprint density at radius 2 is 1.92 bits per heavy atom. The molecule has 3 rings (SSSR count). The predicted octanol–water partition coefficient (Wildman–Crippen LogP) is 2.17. The number of nitrogens with one attached hydrogen (secondary N) is 1. The van der Waals surface area contributed by atoms with Crippen molar-refractivity contribution in [3.05, 3.63) is 35.2 Å². The highest BCUT2D eigenvalue weighted by molar-refractivity contribution is 5.94. The van der Waals surface area contributed by atoms with Gasteiger partial charge in [0, 0.05) is 37.0 Å². The van der Waals surface area contributed by atoms with Gasteiger partial charge < -0.3 is 15.7 Å². The Hall–Kier alpha value is -4.00. The summed E-state index contributed by atoms with van der Waals surface area (Å²) in [7, 11) is 0. The maximum Gasteiger partial charge on any atom is 0.293 e. The first-order valence-electron chi connectivity index (χ1n) is 12.1. The Labute approximate surface area is 209 Å². The van der Waals surface area contributed by atoms with E-state index in [0.717, 1.165) is 44.7 Å². The number of nitrogens with zero attached hydrogens (tertiary/aromatic N) is 8. The summed E-state index contributed by atoms with van der Waals surface area (Å²) in [6, 6.07) is 5.31. The van der Waals surface area contributed by atoms with Crippen LogP contribution in [0, 0.1) is 0 Å². The minimum Gasteiger partial charge on any atom is -0.507 e. The van der Waals surface area contributed by atoms with E-state index in [1.807, 2.05) is 19.9 Å². The number of aromatic hydroxyl groups is 1. The number of nitrogen functional groups attached to an aromatic ring is 1. The lowest BCUT2D eigenvalue weighted by molar-refractivity contribution is 0.0947. The molecule has 3 aromatic rings. The van der Waals surface area contributed by atoms with Gasteiger partial charge >= 0.3 is 0 Å². The number of phenols is 1. The van der Waals surface area contributed by atoms with Gasteiger partial charge in [0.25, 0.3) is 5.91 Å². The third-order valence-electron chi connectivity index (χ3n) is 5.64. The maximum atomic E-state index is 13.0. The highest BCUT2D eigenvalue weighted by Crippen LogP contribution is 2.23. The molecule has 4 N–H and O–H groups in total. The van der Waals surface area contributed by atoms with Crippen molar-refractivity contribution in [2.45, 2.75) is 47.1 Å². The second-order valence-electron chi connectivity index (χ2n) is 8.16. The van der Waals surface area contributed by atoms with Crippen LogP contribution in [0.1, 0.15) is 62.3 Å². The summed E-state index contributed by atoms with van der Waals surface area (Å²) in [6.07, 6.45) is 3.26. The fraction of sp³-hybridized carbons (Fsp3) is 0.478. The van der Waals surface area contributed by atoms with Crippen molar-refractivity contribution in [2.75, 3.05) is 36.8 Å². The second-order valence-corrected chi connectivity index (χ2v) is 8.16. The molecule has 194 valence electrons. The SMILES string of the molecule is CCCN(CCC)Cc1c(C(=O)N/N=C\c2ccc(N(CC)CC)cc2O)nnn1-c1nonc1N. The van der Waals surface area contributed by atoms with Crippen LogP contribution in [-0.4, -0.2) is 73.6 Å². The van der Waals surface area contributed by atoms with Gasteiger partial charge in [-0.3, -0.25) is 9.69 Å². The van der Waals surface area contributed by atoms with Crippen LogP contribution in [0.4, 0.5) is 11.5 Å². The number of benzene rings is 1. The molecule has 0 aliphatic rings. The summed E-state index contributed by atoms with van der Waals surface area (Å²) in [5.41, 5.74) is 10.3. The molecule has 0 saturated carbocycles. The van der Waals surface area contributed by atoms with Crippen LogP contribution in [0.2, 0.25) is 0 Å². The van der Waals surface area contributed by atoms with E-state index in [-0.39, 0.29) is 23.1 Å². The number of carbonyl (C=O) groups is 1. The summed E-state index contributed by atoms with van der Waals surface area (Å²) < 4.78 is 6.07. The Balaban J connectivity index is 1.83. The zero-order valence-electron chi connectivity index (χ0n) is 21.2. The van der Waals surface area contributed by atoms with Crippen molar-refractivity contribution in [1.29, 1.82) is 0 Å². The van der Waals surface area contributed by atoms with Gasteiger partial charge in [0.15, 0.2) is 5.69 Å². The molecule has 13 nitrogen and oxygen atoms in total. The number of hydrazone groups is 1. The number of anilines is 2. The van der Waals surface area contributed by atoms with Crippen LogP contribution < -0.4 is 16.1 Å². The molecule has 1 aromatic carbocycles. The van der Waals surface area contributed by atoms with Crippen LogP contribution in [-0.2, 0) is 6.54 Å². The van der Waals surface area contributed by atoms with E-state index in [1.54, 1.807) is 12.1 Å². The number of rotatable bonds is 13. The zero-order chi connectivity index (χ0) is 26.1. The summed E-state index contributed by atoms with van der Waals surface area (Å²) in [4.78, 5) is 17.3. The van der Waals surface area contributed by atoms with Crippen molar-refractivity contribution in [3.63, 3.8) is 0 Å². The number of hydrogen-bond donors (Lipinski definition) is 3.